The van der Waals surface area contributed by atoms with Crippen molar-refractivity contribution in [1.29, 1.82) is 0 Å². The average Bonchev–Trinajstić information content (AvgIpc) is 3.33. The van der Waals surface area contributed by atoms with Crippen molar-refractivity contribution in [3.05, 3.63) is 74.7 Å². The number of hydrogen-bond donors (Lipinski definition) is 0. The summed E-state index contributed by atoms with van der Waals surface area (Å²) in [6, 6.07) is 10.5. The molecule has 0 bridgehead atoms. The first kappa shape index (κ1) is 19.2. The summed E-state index contributed by atoms with van der Waals surface area (Å²) in [5.41, 5.74) is 3.76. The summed E-state index contributed by atoms with van der Waals surface area (Å²) < 4.78 is 1.78. The first-order valence-corrected chi connectivity index (χ1v) is 10.7. The molecule has 3 aromatic rings. The van der Waals surface area contributed by atoms with Crippen molar-refractivity contribution in [2.45, 2.75) is 20.0 Å². The van der Waals surface area contributed by atoms with Crippen molar-refractivity contribution >= 4 is 28.8 Å². The SMILES string of the molecule is Cc1ccccc1CN1CCN(C(=O)c2cc(Cn3cc(Cl)cn3)cs2)CC1. The second kappa shape index (κ2) is 8.47. The van der Waals surface area contributed by atoms with E-state index in [2.05, 4.69) is 41.2 Å². The Labute approximate surface area is 174 Å². The molecule has 2 aromatic heterocycles. The molecule has 5 nitrogen and oxygen atoms in total. The van der Waals surface area contributed by atoms with Gasteiger partial charge in [0.1, 0.15) is 0 Å². The molecule has 1 amide bonds. The van der Waals surface area contributed by atoms with Crippen molar-refractivity contribution in [1.82, 2.24) is 19.6 Å². The zero-order valence-electron chi connectivity index (χ0n) is 15.8. The Balaban J connectivity index is 1.32. The average molecular weight is 415 g/mol. The van der Waals surface area contributed by atoms with Gasteiger partial charge in [0.25, 0.3) is 5.91 Å². The molecule has 0 radical (unpaired) electrons. The van der Waals surface area contributed by atoms with Crippen LogP contribution in [0.5, 0.6) is 0 Å². The van der Waals surface area contributed by atoms with E-state index in [9.17, 15) is 4.79 Å². The highest BCUT2D eigenvalue weighted by Gasteiger charge is 2.23. The second-order valence-electron chi connectivity index (χ2n) is 7.17. The van der Waals surface area contributed by atoms with Gasteiger partial charge in [-0.25, -0.2) is 0 Å². The van der Waals surface area contributed by atoms with Gasteiger partial charge in [0.15, 0.2) is 0 Å². The van der Waals surface area contributed by atoms with E-state index in [0.717, 1.165) is 43.2 Å². The van der Waals surface area contributed by atoms with Crippen LogP contribution in [-0.4, -0.2) is 51.7 Å². The summed E-state index contributed by atoms with van der Waals surface area (Å²) in [4.78, 5) is 18.0. The van der Waals surface area contributed by atoms with Gasteiger partial charge in [-0.3, -0.25) is 14.4 Å². The van der Waals surface area contributed by atoms with E-state index in [1.807, 2.05) is 16.3 Å². The van der Waals surface area contributed by atoms with Crippen molar-refractivity contribution in [3.63, 3.8) is 0 Å². The first-order valence-electron chi connectivity index (χ1n) is 9.40. The standard InChI is InChI=1S/C21H23ClN4OS/c1-16-4-2-3-5-18(16)13-24-6-8-25(9-7-24)21(27)20-10-17(15-28-20)12-26-14-19(22)11-23-26/h2-5,10-11,14-15H,6-9,12-13H2,1H3. The van der Waals surface area contributed by atoms with Crippen LogP contribution in [0.25, 0.3) is 0 Å². The van der Waals surface area contributed by atoms with Gasteiger partial charge >= 0.3 is 0 Å². The fourth-order valence-electron chi connectivity index (χ4n) is 3.48. The minimum atomic E-state index is 0.130. The molecule has 7 heteroatoms. The van der Waals surface area contributed by atoms with Crippen LogP contribution in [0.1, 0.15) is 26.4 Å². The molecule has 1 saturated heterocycles. The number of halogens is 1. The van der Waals surface area contributed by atoms with Crippen molar-refractivity contribution in [3.8, 4) is 0 Å². The molecule has 0 spiro atoms. The van der Waals surface area contributed by atoms with Gasteiger partial charge in [-0.2, -0.15) is 5.10 Å². The molecule has 0 aliphatic carbocycles. The molecule has 0 N–H and O–H groups in total. The number of piperazine rings is 1. The van der Waals surface area contributed by atoms with E-state index >= 15 is 0 Å². The predicted molar refractivity (Wildman–Crippen MR) is 113 cm³/mol. The van der Waals surface area contributed by atoms with E-state index in [0.29, 0.717) is 11.6 Å². The number of rotatable bonds is 5. The predicted octanol–water partition coefficient (Wildman–Crippen LogP) is 3.91. The van der Waals surface area contributed by atoms with Gasteiger partial charge < -0.3 is 4.90 Å². The maximum atomic E-state index is 12.9. The van der Waals surface area contributed by atoms with Crippen LogP contribution in [0.4, 0.5) is 0 Å². The minimum absolute atomic E-state index is 0.130. The molecule has 1 aromatic carbocycles. The summed E-state index contributed by atoms with van der Waals surface area (Å²) in [6.45, 7) is 7.08. The van der Waals surface area contributed by atoms with Crippen molar-refractivity contribution in [2.75, 3.05) is 26.2 Å². The highest BCUT2D eigenvalue weighted by Crippen LogP contribution is 2.20. The molecular weight excluding hydrogens is 392 g/mol. The normalized spacial score (nSPS) is 15.1. The lowest BCUT2D eigenvalue weighted by molar-refractivity contribution is 0.0633. The van der Waals surface area contributed by atoms with Crippen LogP contribution in [0.3, 0.4) is 0 Å². The summed E-state index contributed by atoms with van der Waals surface area (Å²) in [7, 11) is 0. The highest BCUT2D eigenvalue weighted by molar-refractivity contribution is 7.12. The quantitative estimate of drug-likeness (QED) is 0.635. The fraction of sp³-hybridized carbons (Fsp3) is 0.333. The number of carbonyl (C=O) groups is 1. The summed E-state index contributed by atoms with van der Waals surface area (Å²) in [5, 5.41) is 6.84. The number of thiophene rings is 1. The Morgan fingerprint density at radius 3 is 2.68 bits per heavy atom. The van der Waals surface area contributed by atoms with Crippen LogP contribution in [0, 0.1) is 6.92 Å². The largest absolute Gasteiger partial charge is 0.335 e. The monoisotopic (exact) mass is 414 g/mol. The highest BCUT2D eigenvalue weighted by atomic mass is 35.5. The number of benzene rings is 1. The van der Waals surface area contributed by atoms with Crippen LogP contribution in [0.15, 0.2) is 48.1 Å². The maximum absolute atomic E-state index is 12.9. The molecule has 146 valence electrons. The van der Waals surface area contributed by atoms with E-state index in [-0.39, 0.29) is 5.91 Å². The second-order valence-corrected chi connectivity index (χ2v) is 8.52. The molecule has 0 unspecified atom stereocenters. The number of carbonyl (C=O) groups excluding carboxylic acids is 1. The zero-order valence-corrected chi connectivity index (χ0v) is 17.4. The number of hydrogen-bond acceptors (Lipinski definition) is 4. The topological polar surface area (TPSA) is 41.4 Å². The summed E-state index contributed by atoms with van der Waals surface area (Å²) >= 11 is 7.41. The van der Waals surface area contributed by atoms with E-state index < -0.39 is 0 Å². The van der Waals surface area contributed by atoms with Gasteiger partial charge in [-0.1, -0.05) is 35.9 Å². The first-order chi connectivity index (χ1) is 13.6. The summed E-state index contributed by atoms with van der Waals surface area (Å²) in [5.74, 6) is 0.130. The third kappa shape index (κ3) is 4.46. The third-order valence-electron chi connectivity index (χ3n) is 5.13. The number of nitrogens with zero attached hydrogens (tertiary/aromatic N) is 4. The van der Waals surface area contributed by atoms with E-state index in [1.54, 1.807) is 17.1 Å². The number of amides is 1. The maximum Gasteiger partial charge on any atom is 0.264 e. The Kier molecular flexibility index (Phi) is 5.80. The van der Waals surface area contributed by atoms with Crippen LogP contribution in [-0.2, 0) is 13.1 Å². The van der Waals surface area contributed by atoms with Crippen molar-refractivity contribution in [2.24, 2.45) is 0 Å². The molecular formula is C21H23ClN4OS. The number of aryl methyl sites for hydroxylation is 1. The Morgan fingerprint density at radius 1 is 1.18 bits per heavy atom. The van der Waals surface area contributed by atoms with Gasteiger partial charge in [-0.05, 0) is 35.1 Å². The van der Waals surface area contributed by atoms with Gasteiger partial charge in [0.2, 0.25) is 0 Å². The van der Waals surface area contributed by atoms with Gasteiger partial charge in [-0.15, -0.1) is 11.3 Å². The lowest BCUT2D eigenvalue weighted by atomic mass is 10.1. The Morgan fingerprint density at radius 2 is 1.96 bits per heavy atom. The zero-order chi connectivity index (χ0) is 19.5. The lowest BCUT2D eigenvalue weighted by Gasteiger charge is -2.34. The van der Waals surface area contributed by atoms with Crippen LogP contribution in [0.2, 0.25) is 5.02 Å². The molecule has 0 saturated carbocycles. The van der Waals surface area contributed by atoms with E-state index in [1.165, 1.54) is 22.5 Å². The van der Waals surface area contributed by atoms with Crippen molar-refractivity contribution < 1.29 is 4.79 Å². The molecule has 1 fully saturated rings. The van der Waals surface area contributed by atoms with Crippen LogP contribution < -0.4 is 0 Å². The fourth-order valence-corrected chi connectivity index (χ4v) is 4.50. The van der Waals surface area contributed by atoms with E-state index in [4.69, 9.17) is 11.6 Å². The molecule has 1 aliphatic rings. The van der Waals surface area contributed by atoms with Gasteiger partial charge in [0, 0.05) is 38.9 Å². The molecule has 3 heterocycles. The van der Waals surface area contributed by atoms with Crippen LogP contribution >= 0.6 is 22.9 Å². The van der Waals surface area contributed by atoms with Gasteiger partial charge in [0.05, 0.1) is 22.6 Å². The molecule has 4 rings (SSSR count). The summed E-state index contributed by atoms with van der Waals surface area (Å²) in [6.07, 6.45) is 3.41. The molecule has 28 heavy (non-hydrogen) atoms. The minimum Gasteiger partial charge on any atom is -0.335 e. The molecule has 0 atom stereocenters. The Hall–Kier alpha value is -2.15. The molecule has 1 aliphatic heterocycles. The smallest absolute Gasteiger partial charge is 0.264 e. The Bertz CT molecular complexity index is 959. The number of aromatic nitrogens is 2. The third-order valence-corrected chi connectivity index (χ3v) is 6.29. The lowest BCUT2D eigenvalue weighted by Crippen LogP contribution is -2.48.